The monoisotopic (exact) mass is 288 g/mol. The molecule has 2 aromatic rings. The molecule has 0 saturated heterocycles. The van der Waals surface area contributed by atoms with Gasteiger partial charge >= 0.3 is 0 Å². The van der Waals surface area contributed by atoms with Crippen LogP contribution >= 0.6 is 11.3 Å². The maximum atomic E-state index is 12.2. The number of aryl methyl sites for hydroxylation is 1. The number of nitrogens with zero attached hydrogens (tertiary/aromatic N) is 1. The third kappa shape index (κ3) is 3.90. The number of thiazole rings is 1. The number of hydrogen-bond donors (Lipinski definition) is 1. The summed E-state index contributed by atoms with van der Waals surface area (Å²) in [5.41, 5.74) is 2.14. The van der Waals surface area contributed by atoms with Crippen LogP contribution in [0.2, 0.25) is 0 Å². The van der Waals surface area contributed by atoms with Crippen LogP contribution in [0.5, 0.6) is 0 Å². The van der Waals surface area contributed by atoms with Crippen LogP contribution in [0.3, 0.4) is 0 Å². The zero-order valence-corrected chi connectivity index (χ0v) is 12.7. The normalized spacial score (nSPS) is 12.1. The molecule has 1 aromatic heterocycles. The Labute approximate surface area is 124 Å². The van der Waals surface area contributed by atoms with Gasteiger partial charge in [0.1, 0.15) is 0 Å². The first-order valence-corrected chi connectivity index (χ1v) is 7.82. The number of carbonyl (C=O) groups is 1. The van der Waals surface area contributed by atoms with Crippen molar-refractivity contribution < 1.29 is 4.79 Å². The van der Waals surface area contributed by atoms with Gasteiger partial charge in [-0.05, 0) is 18.9 Å². The fourth-order valence-electron chi connectivity index (χ4n) is 2.22. The molecule has 106 valence electrons. The predicted molar refractivity (Wildman–Crippen MR) is 83.0 cm³/mol. The third-order valence-electron chi connectivity index (χ3n) is 3.27. The second-order valence-corrected chi connectivity index (χ2v) is 5.83. The van der Waals surface area contributed by atoms with E-state index in [0.717, 1.165) is 29.1 Å². The molecular formula is C16H20N2OS. The molecule has 0 aliphatic rings. The van der Waals surface area contributed by atoms with E-state index in [2.05, 4.69) is 15.7 Å². The molecule has 0 spiro atoms. The summed E-state index contributed by atoms with van der Waals surface area (Å²) in [6.45, 7) is 4.68. The topological polar surface area (TPSA) is 42.0 Å². The molecule has 1 N–H and O–H groups in total. The van der Waals surface area contributed by atoms with E-state index in [1.165, 1.54) is 0 Å². The summed E-state index contributed by atoms with van der Waals surface area (Å²) in [6, 6.07) is 9.94. The molecule has 1 amide bonds. The molecule has 0 saturated carbocycles. The van der Waals surface area contributed by atoms with Gasteiger partial charge in [0.2, 0.25) is 5.91 Å². The standard InChI is InChI=1S/C16H20N2OS/c1-3-15(13-7-5-4-6-8-13)16(19)17-10-9-14-11-20-12(2)18-14/h4-8,11,15H,3,9-10H2,1-2H3,(H,17,19). The molecule has 1 atom stereocenters. The van der Waals surface area contributed by atoms with Gasteiger partial charge in [0.15, 0.2) is 0 Å². The lowest BCUT2D eigenvalue weighted by molar-refractivity contribution is -0.122. The Morgan fingerprint density at radius 2 is 2.10 bits per heavy atom. The predicted octanol–water partition coefficient (Wildman–Crippen LogP) is 3.30. The van der Waals surface area contributed by atoms with Crippen molar-refractivity contribution in [1.82, 2.24) is 10.3 Å². The second kappa shape index (κ2) is 7.20. The number of amides is 1. The lowest BCUT2D eigenvalue weighted by Crippen LogP contribution is -2.30. The summed E-state index contributed by atoms with van der Waals surface area (Å²) in [6.07, 6.45) is 1.60. The summed E-state index contributed by atoms with van der Waals surface area (Å²) >= 11 is 1.65. The molecule has 1 aromatic carbocycles. The highest BCUT2D eigenvalue weighted by Gasteiger charge is 2.17. The van der Waals surface area contributed by atoms with E-state index < -0.39 is 0 Å². The Morgan fingerprint density at radius 3 is 2.70 bits per heavy atom. The van der Waals surface area contributed by atoms with Crippen LogP contribution in [0, 0.1) is 6.92 Å². The van der Waals surface area contributed by atoms with E-state index in [1.807, 2.05) is 44.2 Å². The average molecular weight is 288 g/mol. The lowest BCUT2D eigenvalue weighted by atomic mass is 9.96. The van der Waals surface area contributed by atoms with Crippen molar-refractivity contribution in [3.8, 4) is 0 Å². The van der Waals surface area contributed by atoms with E-state index in [-0.39, 0.29) is 11.8 Å². The molecule has 20 heavy (non-hydrogen) atoms. The maximum Gasteiger partial charge on any atom is 0.227 e. The minimum absolute atomic E-state index is 0.0617. The number of aromatic nitrogens is 1. The molecule has 2 rings (SSSR count). The molecule has 0 bridgehead atoms. The van der Waals surface area contributed by atoms with Gasteiger partial charge in [-0.3, -0.25) is 4.79 Å². The highest BCUT2D eigenvalue weighted by atomic mass is 32.1. The van der Waals surface area contributed by atoms with Crippen molar-refractivity contribution in [2.24, 2.45) is 0 Å². The molecule has 0 aliphatic carbocycles. The minimum atomic E-state index is -0.0617. The fraction of sp³-hybridized carbons (Fsp3) is 0.375. The molecule has 3 nitrogen and oxygen atoms in total. The zero-order valence-electron chi connectivity index (χ0n) is 11.9. The van der Waals surface area contributed by atoms with Crippen LogP contribution in [0.1, 0.15) is 35.5 Å². The summed E-state index contributed by atoms with van der Waals surface area (Å²) in [4.78, 5) is 16.6. The van der Waals surface area contributed by atoms with Gasteiger partial charge in [-0.25, -0.2) is 4.98 Å². The van der Waals surface area contributed by atoms with E-state index in [1.54, 1.807) is 11.3 Å². The first kappa shape index (κ1) is 14.7. The Balaban J connectivity index is 1.87. The van der Waals surface area contributed by atoms with Crippen LogP contribution in [0.4, 0.5) is 0 Å². The Bertz CT molecular complexity index is 551. The van der Waals surface area contributed by atoms with Gasteiger partial charge < -0.3 is 5.32 Å². The fourth-order valence-corrected chi connectivity index (χ4v) is 2.86. The van der Waals surface area contributed by atoms with Crippen molar-refractivity contribution in [3.05, 3.63) is 52.0 Å². The van der Waals surface area contributed by atoms with Gasteiger partial charge in [-0.2, -0.15) is 0 Å². The lowest BCUT2D eigenvalue weighted by Gasteiger charge is -2.15. The molecule has 1 heterocycles. The van der Waals surface area contributed by atoms with Crippen LogP contribution < -0.4 is 5.32 Å². The number of nitrogens with one attached hydrogen (secondary N) is 1. The average Bonchev–Trinajstić information content (AvgIpc) is 2.86. The largest absolute Gasteiger partial charge is 0.355 e. The van der Waals surface area contributed by atoms with Gasteiger partial charge in [0, 0.05) is 18.3 Å². The van der Waals surface area contributed by atoms with Crippen molar-refractivity contribution in [2.75, 3.05) is 6.54 Å². The smallest absolute Gasteiger partial charge is 0.227 e. The molecule has 0 fully saturated rings. The zero-order chi connectivity index (χ0) is 14.4. The SMILES string of the molecule is CCC(C(=O)NCCc1csc(C)n1)c1ccccc1. The van der Waals surface area contributed by atoms with Crippen LogP contribution in [-0.4, -0.2) is 17.4 Å². The maximum absolute atomic E-state index is 12.2. The second-order valence-electron chi connectivity index (χ2n) is 4.77. The number of carbonyl (C=O) groups excluding carboxylic acids is 1. The van der Waals surface area contributed by atoms with Crippen LogP contribution in [0.15, 0.2) is 35.7 Å². The Morgan fingerprint density at radius 1 is 1.35 bits per heavy atom. The quantitative estimate of drug-likeness (QED) is 0.886. The summed E-state index contributed by atoms with van der Waals surface area (Å²) in [5, 5.41) is 6.14. The van der Waals surface area contributed by atoms with E-state index in [9.17, 15) is 4.79 Å². The first-order chi connectivity index (χ1) is 9.70. The van der Waals surface area contributed by atoms with Crippen LogP contribution in [0.25, 0.3) is 0 Å². The highest BCUT2D eigenvalue weighted by molar-refractivity contribution is 7.09. The van der Waals surface area contributed by atoms with Crippen molar-refractivity contribution in [3.63, 3.8) is 0 Å². The van der Waals surface area contributed by atoms with Gasteiger partial charge in [-0.1, -0.05) is 37.3 Å². The summed E-state index contributed by atoms with van der Waals surface area (Å²) < 4.78 is 0. The molecular weight excluding hydrogens is 268 g/mol. The molecule has 1 unspecified atom stereocenters. The highest BCUT2D eigenvalue weighted by Crippen LogP contribution is 2.19. The number of hydrogen-bond acceptors (Lipinski definition) is 3. The van der Waals surface area contributed by atoms with Crippen molar-refractivity contribution in [2.45, 2.75) is 32.6 Å². The van der Waals surface area contributed by atoms with Gasteiger partial charge in [0.25, 0.3) is 0 Å². The van der Waals surface area contributed by atoms with E-state index >= 15 is 0 Å². The van der Waals surface area contributed by atoms with Gasteiger partial charge in [0.05, 0.1) is 16.6 Å². The van der Waals surface area contributed by atoms with E-state index in [4.69, 9.17) is 0 Å². The first-order valence-electron chi connectivity index (χ1n) is 6.94. The number of rotatable bonds is 6. The number of benzene rings is 1. The van der Waals surface area contributed by atoms with Crippen LogP contribution in [-0.2, 0) is 11.2 Å². The summed E-state index contributed by atoms with van der Waals surface area (Å²) in [5.74, 6) is 0.0408. The molecule has 0 aliphatic heterocycles. The molecule has 0 radical (unpaired) electrons. The Kier molecular flexibility index (Phi) is 5.30. The van der Waals surface area contributed by atoms with E-state index in [0.29, 0.717) is 6.54 Å². The van der Waals surface area contributed by atoms with Gasteiger partial charge in [-0.15, -0.1) is 11.3 Å². The Hall–Kier alpha value is -1.68. The molecule has 4 heteroatoms. The third-order valence-corrected chi connectivity index (χ3v) is 4.10. The van der Waals surface area contributed by atoms with Crippen molar-refractivity contribution >= 4 is 17.2 Å². The summed E-state index contributed by atoms with van der Waals surface area (Å²) in [7, 11) is 0. The minimum Gasteiger partial charge on any atom is -0.355 e. The van der Waals surface area contributed by atoms with Crippen molar-refractivity contribution in [1.29, 1.82) is 0 Å².